The first-order valence-corrected chi connectivity index (χ1v) is 10.3. The number of piperazine rings is 1. The van der Waals surface area contributed by atoms with Crippen LogP contribution >= 0.6 is 0 Å². The van der Waals surface area contributed by atoms with E-state index in [4.69, 9.17) is 4.74 Å². The van der Waals surface area contributed by atoms with Crippen LogP contribution in [0.25, 0.3) is 10.9 Å². The number of anilines is 3. The summed E-state index contributed by atoms with van der Waals surface area (Å²) in [5.41, 5.74) is 1.53. The van der Waals surface area contributed by atoms with Crippen LogP contribution in [0.2, 0.25) is 0 Å². The van der Waals surface area contributed by atoms with Gasteiger partial charge in [0, 0.05) is 31.9 Å². The van der Waals surface area contributed by atoms with Gasteiger partial charge in [-0.2, -0.15) is 4.98 Å². The van der Waals surface area contributed by atoms with Crippen LogP contribution in [0.5, 0.6) is 11.6 Å². The molecular formula is C22H24F3N5O2. The highest BCUT2D eigenvalue weighted by Crippen LogP contribution is 2.36. The van der Waals surface area contributed by atoms with E-state index in [1.807, 2.05) is 32.2 Å². The fourth-order valence-corrected chi connectivity index (χ4v) is 3.56. The molecule has 0 saturated carbocycles. The Morgan fingerprint density at radius 3 is 2.50 bits per heavy atom. The molecule has 32 heavy (non-hydrogen) atoms. The number of fused-ring (bicyclic) bond motifs is 1. The minimum Gasteiger partial charge on any atom is -0.477 e. The average Bonchev–Trinajstić information content (AvgIpc) is 2.75. The Morgan fingerprint density at radius 2 is 1.78 bits per heavy atom. The first-order chi connectivity index (χ1) is 15.3. The van der Waals surface area contributed by atoms with Crippen molar-refractivity contribution in [3.8, 4) is 11.6 Å². The van der Waals surface area contributed by atoms with Gasteiger partial charge in [0.2, 0.25) is 11.8 Å². The van der Waals surface area contributed by atoms with Crippen LogP contribution in [0.1, 0.15) is 6.92 Å². The molecule has 170 valence electrons. The molecule has 1 aromatic heterocycles. The molecule has 1 saturated heterocycles. The highest BCUT2D eigenvalue weighted by Gasteiger charge is 2.32. The fraction of sp³-hybridized carbons (Fsp3) is 0.364. The molecule has 0 unspecified atom stereocenters. The molecule has 1 fully saturated rings. The van der Waals surface area contributed by atoms with Gasteiger partial charge >= 0.3 is 6.36 Å². The molecule has 0 atom stereocenters. The Morgan fingerprint density at radius 1 is 1.03 bits per heavy atom. The van der Waals surface area contributed by atoms with E-state index >= 15 is 0 Å². The molecule has 4 rings (SSSR count). The summed E-state index contributed by atoms with van der Waals surface area (Å²) in [6, 6.07) is 11.9. The second-order valence-electron chi connectivity index (χ2n) is 7.45. The largest absolute Gasteiger partial charge is 0.573 e. The molecule has 2 aromatic carbocycles. The van der Waals surface area contributed by atoms with Crippen molar-refractivity contribution >= 4 is 28.2 Å². The van der Waals surface area contributed by atoms with Crippen LogP contribution in [0, 0.1) is 0 Å². The predicted molar refractivity (Wildman–Crippen MR) is 117 cm³/mol. The first-order valence-electron chi connectivity index (χ1n) is 10.3. The Bertz CT molecular complexity index is 1080. The lowest BCUT2D eigenvalue weighted by Gasteiger charge is -2.34. The van der Waals surface area contributed by atoms with Crippen molar-refractivity contribution in [2.45, 2.75) is 13.3 Å². The summed E-state index contributed by atoms with van der Waals surface area (Å²) in [5, 5.41) is 3.63. The van der Waals surface area contributed by atoms with Crippen LogP contribution in [-0.2, 0) is 0 Å². The minimum atomic E-state index is -4.83. The van der Waals surface area contributed by atoms with Gasteiger partial charge in [0.15, 0.2) is 5.75 Å². The Balaban J connectivity index is 1.71. The Kier molecular flexibility index (Phi) is 6.22. The SMILES string of the molecule is CCOc1nc(Nc2cc(N3CCN(C)CC3)ccc2OC(F)(F)F)nc2ccccc12. The molecule has 2 heterocycles. The summed E-state index contributed by atoms with van der Waals surface area (Å²) >= 11 is 0. The number of alkyl halides is 3. The van der Waals surface area contributed by atoms with Crippen LogP contribution in [0.4, 0.5) is 30.5 Å². The molecule has 1 aliphatic heterocycles. The maximum atomic E-state index is 13.0. The third-order valence-corrected chi connectivity index (χ3v) is 5.15. The molecule has 0 amide bonds. The summed E-state index contributed by atoms with van der Waals surface area (Å²) in [5.74, 6) is 0.119. The van der Waals surface area contributed by atoms with E-state index in [2.05, 4.69) is 29.8 Å². The lowest BCUT2D eigenvalue weighted by molar-refractivity contribution is -0.274. The zero-order chi connectivity index (χ0) is 22.7. The summed E-state index contributed by atoms with van der Waals surface area (Å²) in [7, 11) is 2.04. The van der Waals surface area contributed by atoms with Gasteiger partial charge in [-0.1, -0.05) is 12.1 Å². The Hall–Kier alpha value is -3.27. The van der Waals surface area contributed by atoms with Crippen LogP contribution in [0.3, 0.4) is 0 Å². The van der Waals surface area contributed by atoms with Crippen molar-refractivity contribution in [1.29, 1.82) is 0 Å². The normalized spacial score (nSPS) is 15.1. The maximum Gasteiger partial charge on any atom is 0.573 e. The van der Waals surface area contributed by atoms with E-state index in [0.29, 0.717) is 18.0 Å². The molecular weight excluding hydrogens is 423 g/mol. The molecule has 10 heteroatoms. The molecule has 7 nitrogen and oxygen atoms in total. The summed E-state index contributed by atoms with van der Waals surface area (Å²) in [6.07, 6.45) is -4.83. The molecule has 0 radical (unpaired) electrons. The van der Waals surface area contributed by atoms with E-state index in [1.54, 1.807) is 18.2 Å². The quantitative estimate of drug-likeness (QED) is 0.600. The van der Waals surface area contributed by atoms with Crippen molar-refractivity contribution in [3.63, 3.8) is 0 Å². The number of ether oxygens (including phenoxy) is 2. The lowest BCUT2D eigenvalue weighted by Crippen LogP contribution is -2.44. The minimum absolute atomic E-state index is 0.120. The zero-order valence-corrected chi connectivity index (χ0v) is 17.8. The number of para-hydroxylation sites is 1. The summed E-state index contributed by atoms with van der Waals surface area (Å²) in [4.78, 5) is 13.1. The van der Waals surface area contributed by atoms with Gasteiger partial charge in [0.1, 0.15) is 0 Å². The van der Waals surface area contributed by atoms with Gasteiger partial charge in [0.05, 0.1) is 23.2 Å². The van der Waals surface area contributed by atoms with Gasteiger partial charge in [0.25, 0.3) is 0 Å². The monoisotopic (exact) mass is 447 g/mol. The lowest BCUT2D eigenvalue weighted by atomic mass is 10.2. The molecule has 1 aliphatic rings. The zero-order valence-electron chi connectivity index (χ0n) is 17.8. The van der Waals surface area contributed by atoms with Crippen molar-refractivity contribution in [3.05, 3.63) is 42.5 Å². The highest BCUT2D eigenvalue weighted by molar-refractivity contribution is 5.85. The number of aromatic nitrogens is 2. The van der Waals surface area contributed by atoms with Gasteiger partial charge in [-0.3, -0.25) is 0 Å². The number of rotatable bonds is 6. The summed E-state index contributed by atoms with van der Waals surface area (Å²) in [6.45, 7) is 5.51. The Labute approximate surface area is 183 Å². The van der Waals surface area contributed by atoms with Crippen LogP contribution in [-0.4, -0.2) is 61.1 Å². The first kappa shape index (κ1) is 21.9. The molecule has 1 N–H and O–H groups in total. The number of nitrogens with zero attached hydrogens (tertiary/aromatic N) is 4. The second-order valence-corrected chi connectivity index (χ2v) is 7.45. The topological polar surface area (TPSA) is 62.8 Å². The number of halogens is 3. The van der Waals surface area contributed by atoms with E-state index in [9.17, 15) is 13.2 Å². The van der Waals surface area contributed by atoms with Crippen LogP contribution in [0.15, 0.2) is 42.5 Å². The number of hydrogen-bond acceptors (Lipinski definition) is 7. The van der Waals surface area contributed by atoms with Crippen molar-refractivity contribution in [1.82, 2.24) is 14.9 Å². The van der Waals surface area contributed by atoms with Gasteiger partial charge in [-0.25, -0.2) is 4.98 Å². The average molecular weight is 447 g/mol. The second kappa shape index (κ2) is 9.07. The number of nitrogens with one attached hydrogen (secondary N) is 1. The molecule has 0 bridgehead atoms. The molecule has 0 spiro atoms. The van der Waals surface area contributed by atoms with Crippen molar-refractivity contribution in [2.75, 3.05) is 50.1 Å². The smallest absolute Gasteiger partial charge is 0.477 e. The summed E-state index contributed by atoms with van der Waals surface area (Å²) < 4.78 is 48.9. The van der Waals surface area contributed by atoms with Gasteiger partial charge in [-0.05, 0) is 44.3 Å². The number of likely N-dealkylation sites (N-methyl/N-ethyl adjacent to an activating group) is 1. The maximum absolute atomic E-state index is 13.0. The molecule has 3 aromatic rings. The van der Waals surface area contributed by atoms with Gasteiger partial charge < -0.3 is 24.6 Å². The van der Waals surface area contributed by atoms with Gasteiger partial charge in [-0.15, -0.1) is 13.2 Å². The van der Waals surface area contributed by atoms with E-state index in [1.165, 1.54) is 6.07 Å². The fourth-order valence-electron chi connectivity index (χ4n) is 3.56. The number of hydrogen-bond donors (Lipinski definition) is 1. The van der Waals surface area contributed by atoms with E-state index < -0.39 is 6.36 Å². The van der Waals surface area contributed by atoms with Crippen LogP contribution < -0.4 is 19.7 Å². The van der Waals surface area contributed by atoms with E-state index in [-0.39, 0.29) is 17.4 Å². The highest BCUT2D eigenvalue weighted by atomic mass is 19.4. The molecule has 0 aliphatic carbocycles. The standard InChI is InChI=1S/C22H24F3N5O2/c1-3-31-20-16-6-4-5-7-17(16)26-21(28-20)27-18-14-15(30-12-10-29(2)11-13-30)8-9-19(18)32-22(23,24)25/h4-9,14H,3,10-13H2,1-2H3,(H,26,27,28). The third kappa shape index (κ3) is 5.13. The number of benzene rings is 2. The van der Waals surface area contributed by atoms with E-state index in [0.717, 1.165) is 37.3 Å². The van der Waals surface area contributed by atoms with Crippen molar-refractivity contribution < 1.29 is 22.6 Å². The third-order valence-electron chi connectivity index (χ3n) is 5.15. The van der Waals surface area contributed by atoms with Crippen molar-refractivity contribution in [2.24, 2.45) is 0 Å². The predicted octanol–water partition coefficient (Wildman–Crippen LogP) is 4.42.